The molecule has 1 fully saturated rings. The predicted octanol–water partition coefficient (Wildman–Crippen LogP) is 1.55. The summed E-state index contributed by atoms with van der Waals surface area (Å²) >= 11 is 6.05. The van der Waals surface area contributed by atoms with Gasteiger partial charge in [-0.2, -0.15) is 0 Å². The summed E-state index contributed by atoms with van der Waals surface area (Å²) in [5, 5.41) is 1.62. The largest absolute Gasteiger partial charge is 0.336 e. The molecule has 90 valence electrons. The Bertz CT molecular complexity index is 490. The number of amides is 3. The quantitative estimate of drug-likeness (QED) is 0.826. The lowest BCUT2D eigenvalue weighted by Crippen LogP contribution is -2.59. The van der Waals surface area contributed by atoms with Crippen molar-refractivity contribution in [1.82, 2.24) is 10.3 Å². The Morgan fingerprint density at radius 3 is 2.71 bits per heavy atom. The predicted molar refractivity (Wildman–Crippen MR) is 64.8 cm³/mol. The summed E-state index contributed by atoms with van der Waals surface area (Å²) in [5.41, 5.74) is 3.96. The van der Waals surface area contributed by atoms with E-state index >= 15 is 0 Å². The number of aryl methyl sites for hydroxylation is 1. The van der Waals surface area contributed by atoms with Gasteiger partial charge in [0.05, 0.1) is 10.7 Å². The van der Waals surface area contributed by atoms with Crippen LogP contribution in [0.15, 0.2) is 18.2 Å². The molecule has 1 saturated heterocycles. The average Bonchev–Trinajstić information content (AvgIpc) is 2.24. The van der Waals surface area contributed by atoms with E-state index in [2.05, 4.69) is 5.43 Å². The molecule has 3 amide bonds. The van der Waals surface area contributed by atoms with Gasteiger partial charge in [0.25, 0.3) is 5.91 Å². The Balaban J connectivity index is 2.33. The van der Waals surface area contributed by atoms with Gasteiger partial charge in [-0.15, -0.1) is 0 Å². The molecule has 1 aliphatic heterocycles. The Kier molecular flexibility index (Phi) is 2.93. The van der Waals surface area contributed by atoms with E-state index in [-0.39, 0.29) is 18.5 Å². The lowest BCUT2D eigenvalue weighted by molar-refractivity contribution is -0.120. The van der Waals surface area contributed by atoms with Gasteiger partial charge in [0.15, 0.2) is 0 Å². The third-order valence-electron chi connectivity index (χ3n) is 2.52. The molecule has 0 atom stereocenters. The number of carbonyl (C=O) groups excluding carboxylic acids is 2. The number of hydrazine groups is 1. The maximum absolute atomic E-state index is 11.8. The molecule has 2 rings (SSSR count). The Morgan fingerprint density at radius 2 is 2.06 bits per heavy atom. The van der Waals surface area contributed by atoms with E-state index in [9.17, 15) is 9.59 Å². The molecule has 1 aromatic carbocycles. The monoisotopic (exact) mass is 253 g/mol. The topological polar surface area (TPSA) is 52.7 Å². The first-order chi connectivity index (χ1) is 7.99. The van der Waals surface area contributed by atoms with Gasteiger partial charge in [-0.25, -0.2) is 15.2 Å². The molecular formula is C11H12ClN3O2. The normalized spacial score (nSPS) is 16.2. The first-order valence-electron chi connectivity index (χ1n) is 5.10. The number of likely N-dealkylation sites (N-methyl/N-ethyl adjacent to an activating group) is 1. The van der Waals surface area contributed by atoms with E-state index in [0.717, 1.165) is 5.56 Å². The van der Waals surface area contributed by atoms with Gasteiger partial charge in [0.2, 0.25) is 0 Å². The molecule has 1 aromatic rings. The van der Waals surface area contributed by atoms with E-state index in [4.69, 9.17) is 11.6 Å². The SMILES string of the molecule is Cc1ccc(N2NC(=O)N(C)CC2=O)c(Cl)c1. The van der Waals surface area contributed by atoms with Gasteiger partial charge in [-0.3, -0.25) is 4.79 Å². The van der Waals surface area contributed by atoms with Crippen molar-refractivity contribution in [3.8, 4) is 0 Å². The molecule has 0 spiro atoms. The summed E-state index contributed by atoms with van der Waals surface area (Å²) in [4.78, 5) is 24.6. The number of anilines is 1. The zero-order valence-electron chi connectivity index (χ0n) is 9.53. The van der Waals surface area contributed by atoms with Crippen LogP contribution in [0.25, 0.3) is 0 Å². The molecule has 0 bridgehead atoms. The maximum Gasteiger partial charge on any atom is 0.336 e. The number of hydrogen-bond acceptors (Lipinski definition) is 2. The van der Waals surface area contributed by atoms with Crippen LogP contribution in [-0.4, -0.2) is 30.4 Å². The minimum Gasteiger partial charge on any atom is -0.317 e. The molecule has 17 heavy (non-hydrogen) atoms. The van der Waals surface area contributed by atoms with E-state index in [0.29, 0.717) is 10.7 Å². The highest BCUT2D eigenvalue weighted by atomic mass is 35.5. The second kappa shape index (κ2) is 4.25. The van der Waals surface area contributed by atoms with Gasteiger partial charge in [-0.1, -0.05) is 17.7 Å². The standard InChI is InChI=1S/C11H12ClN3O2/c1-7-3-4-9(8(12)5-7)15-10(16)6-14(2)11(17)13-15/h3-5H,6H2,1-2H3,(H,13,17). The summed E-state index contributed by atoms with van der Waals surface area (Å²) in [7, 11) is 1.56. The Hall–Kier alpha value is -1.75. The van der Waals surface area contributed by atoms with Crippen molar-refractivity contribution in [1.29, 1.82) is 0 Å². The summed E-state index contributed by atoms with van der Waals surface area (Å²) in [6, 6.07) is 4.95. The smallest absolute Gasteiger partial charge is 0.317 e. The van der Waals surface area contributed by atoms with E-state index < -0.39 is 0 Å². The van der Waals surface area contributed by atoms with Crippen molar-refractivity contribution in [2.75, 3.05) is 18.6 Å². The van der Waals surface area contributed by atoms with Gasteiger partial charge in [0, 0.05) is 7.05 Å². The van der Waals surface area contributed by atoms with Crippen molar-refractivity contribution >= 4 is 29.2 Å². The summed E-state index contributed by atoms with van der Waals surface area (Å²) in [6.45, 7) is 1.94. The maximum atomic E-state index is 11.8. The van der Waals surface area contributed by atoms with Gasteiger partial charge >= 0.3 is 6.03 Å². The highest BCUT2D eigenvalue weighted by molar-refractivity contribution is 6.34. The minimum absolute atomic E-state index is 0.0377. The third-order valence-corrected chi connectivity index (χ3v) is 2.82. The molecule has 5 nitrogen and oxygen atoms in total. The van der Waals surface area contributed by atoms with Gasteiger partial charge in [-0.05, 0) is 24.6 Å². The van der Waals surface area contributed by atoms with E-state index in [1.165, 1.54) is 9.91 Å². The lowest BCUT2D eigenvalue weighted by Gasteiger charge is -2.32. The second-order valence-corrected chi connectivity index (χ2v) is 4.36. The van der Waals surface area contributed by atoms with Crippen molar-refractivity contribution in [3.63, 3.8) is 0 Å². The van der Waals surface area contributed by atoms with Crippen LogP contribution in [0.4, 0.5) is 10.5 Å². The molecule has 1 aliphatic rings. The lowest BCUT2D eigenvalue weighted by atomic mass is 10.2. The fourth-order valence-corrected chi connectivity index (χ4v) is 1.90. The molecule has 0 saturated carbocycles. The number of hydrogen-bond donors (Lipinski definition) is 1. The van der Waals surface area contributed by atoms with Crippen LogP contribution in [0, 0.1) is 6.92 Å². The van der Waals surface area contributed by atoms with Crippen LogP contribution < -0.4 is 10.4 Å². The molecule has 0 aromatic heterocycles. The number of rotatable bonds is 1. The van der Waals surface area contributed by atoms with Gasteiger partial charge < -0.3 is 4.90 Å². The Morgan fingerprint density at radius 1 is 1.35 bits per heavy atom. The van der Waals surface area contributed by atoms with Crippen LogP contribution in [0.5, 0.6) is 0 Å². The number of nitrogens with zero attached hydrogens (tertiary/aromatic N) is 2. The fraction of sp³-hybridized carbons (Fsp3) is 0.273. The highest BCUT2D eigenvalue weighted by Gasteiger charge is 2.29. The molecule has 0 unspecified atom stereocenters. The number of benzene rings is 1. The zero-order chi connectivity index (χ0) is 12.6. The average molecular weight is 254 g/mol. The number of halogens is 1. The van der Waals surface area contributed by atoms with E-state index in [1.54, 1.807) is 19.2 Å². The summed E-state index contributed by atoms with van der Waals surface area (Å²) in [6.07, 6.45) is 0. The molecule has 1 N–H and O–H groups in total. The first kappa shape index (κ1) is 11.7. The third kappa shape index (κ3) is 2.19. The van der Waals surface area contributed by atoms with E-state index in [1.807, 2.05) is 13.0 Å². The number of nitrogens with one attached hydrogen (secondary N) is 1. The van der Waals surface area contributed by atoms with Crippen molar-refractivity contribution in [2.24, 2.45) is 0 Å². The zero-order valence-corrected chi connectivity index (χ0v) is 10.3. The first-order valence-corrected chi connectivity index (χ1v) is 5.47. The fourth-order valence-electron chi connectivity index (χ4n) is 1.58. The molecular weight excluding hydrogens is 242 g/mol. The summed E-state index contributed by atoms with van der Waals surface area (Å²) < 4.78 is 0. The second-order valence-electron chi connectivity index (χ2n) is 3.96. The molecule has 1 heterocycles. The molecule has 0 radical (unpaired) electrons. The number of carbonyl (C=O) groups is 2. The van der Waals surface area contributed by atoms with Crippen molar-refractivity contribution in [2.45, 2.75) is 6.92 Å². The van der Waals surface area contributed by atoms with Crippen LogP contribution in [0.1, 0.15) is 5.56 Å². The minimum atomic E-state index is -0.332. The Labute approximate surface area is 104 Å². The highest BCUT2D eigenvalue weighted by Crippen LogP contribution is 2.26. The van der Waals surface area contributed by atoms with Crippen LogP contribution >= 0.6 is 11.6 Å². The van der Waals surface area contributed by atoms with Crippen molar-refractivity contribution < 1.29 is 9.59 Å². The summed E-state index contributed by atoms with van der Waals surface area (Å²) in [5.74, 6) is -0.224. The van der Waals surface area contributed by atoms with Crippen molar-refractivity contribution in [3.05, 3.63) is 28.8 Å². The molecule has 0 aliphatic carbocycles. The van der Waals surface area contributed by atoms with Crippen LogP contribution in [0.3, 0.4) is 0 Å². The van der Waals surface area contributed by atoms with Gasteiger partial charge in [0.1, 0.15) is 6.54 Å². The van der Waals surface area contributed by atoms with Crippen LogP contribution in [-0.2, 0) is 4.79 Å². The van der Waals surface area contributed by atoms with Crippen LogP contribution in [0.2, 0.25) is 5.02 Å². The number of urea groups is 1. The molecule has 6 heteroatoms.